The smallest absolute Gasteiger partial charge is 0.395 e. The van der Waals surface area contributed by atoms with Crippen LogP contribution in [0.4, 0.5) is 154 Å². The average Bonchev–Trinajstić information content (AvgIpc) is 3.06. The number of sulfonamides is 1. The van der Waals surface area contributed by atoms with Crippen molar-refractivity contribution in [3.63, 3.8) is 0 Å². The minimum Gasteiger partial charge on any atom is -0.395 e. The highest BCUT2D eigenvalue weighted by molar-refractivity contribution is 7.90. The third-order valence-corrected chi connectivity index (χ3v) is 10.9. The Bertz CT molecular complexity index is 1770. The predicted molar refractivity (Wildman–Crippen MR) is 121 cm³/mol. The number of rotatable bonds is 16. The maximum Gasteiger partial charge on any atom is 0.460 e. The molecule has 0 atom stereocenters. The molecule has 0 aromatic carbocycles. The van der Waals surface area contributed by atoms with Crippen LogP contribution in [0.1, 0.15) is 6.92 Å². The highest BCUT2D eigenvalue weighted by Crippen LogP contribution is 2.77. The zero-order valence-corrected chi connectivity index (χ0v) is 28.3. The lowest BCUT2D eigenvalue weighted by molar-refractivity contribution is -0.509. The summed E-state index contributed by atoms with van der Waals surface area (Å²) in [7, 11) is -8.41. The molecule has 0 unspecified atom stereocenters. The Labute approximate surface area is 315 Å². The largest absolute Gasteiger partial charge is 0.460 e. The van der Waals surface area contributed by atoms with Crippen LogP contribution in [0.2, 0.25) is 0 Å². The Morgan fingerprint density at radius 3 is 0.839 bits per heavy atom. The van der Waals surface area contributed by atoms with Gasteiger partial charge in [-0.3, -0.25) is 0 Å². The third kappa shape index (κ3) is 5.68. The second-order valence-electron chi connectivity index (χ2n) is 12.1. The van der Waals surface area contributed by atoms with Crippen molar-refractivity contribution >= 4 is 10.0 Å². The molecular weight excluding hydrogens is 1020 g/mol. The molecule has 0 aromatic heterocycles. The molecule has 62 heavy (non-hydrogen) atoms. The average molecular weight is 1030 g/mol. The van der Waals surface area contributed by atoms with E-state index in [-0.39, 0.29) is 6.92 Å². The second-order valence-corrected chi connectivity index (χ2v) is 14.1. The zero-order chi connectivity index (χ0) is 51.2. The summed E-state index contributed by atoms with van der Waals surface area (Å²) in [4.78, 5) is 0. The van der Waals surface area contributed by atoms with Crippen molar-refractivity contribution in [2.45, 2.75) is 113 Å². The van der Waals surface area contributed by atoms with Gasteiger partial charge in [0.1, 0.15) is 0 Å². The molecule has 40 heteroatoms. The summed E-state index contributed by atoms with van der Waals surface area (Å²) in [6.07, 6.45) is -8.48. The molecular formula is C22H10F35NO3S. The predicted octanol–water partition coefficient (Wildman–Crippen LogP) is 10.1. The first-order chi connectivity index (χ1) is 26.3. The highest BCUT2D eigenvalue weighted by atomic mass is 32.2. The van der Waals surface area contributed by atoms with Crippen molar-refractivity contribution in [2.75, 3.05) is 19.7 Å². The van der Waals surface area contributed by atoms with E-state index in [1.54, 1.807) is 0 Å². The fourth-order valence-corrected chi connectivity index (χ4v) is 6.78. The van der Waals surface area contributed by atoms with Gasteiger partial charge in [-0.05, 0) is 0 Å². The van der Waals surface area contributed by atoms with E-state index in [4.69, 9.17) is 5.11 Å². The lowest BCUT2D eigenvalue weighted by atomic mass is 9.67. The molecule has 0 spiro atoms. The van der Waals surface area contributed by atoms with Crippen LogP contribution < -0.4 is 0 Å². The van der Waals surface area contributed by atoms with E-state index in [0.717, 1.165) is 0 Å². The molecule has 0 saturated heterocycles. The van der Waals surface area contributed by atoms with E-state index < -0.39 is 140 Å². The lowest BCUT2D eigenvalue weighted by Crippen LogP contribution is -2.92. The van der Waals surface area contributed by atoms with Gasteiger partial charge in [-0.1, -0.05) is 6.92 Å². The second kappa shape index (κ2) is 14.0. The van der Waals surface area contributed by atoms with Crippen molar-refractivity contribution < 1.29 is 167 Å². The van der Waals surface area contributed by atoms with Crippen LogP contribution in [0.25, 0.3) is 0 Å². The van der Waals surface area contributed by atoms with Crippen LogP contribution in [0.3, 0.4) is 0 Å². The summed E-state index contributed by atoms with van der Waals surface area (Å²) >= 11 is 0. The van der Waals surface area contributed by atoms with Gasteiger partial charge in [-0.15, -0.1) is 0 Å². The highest BCUT2D eigenvalue weighted by Gasteiger charge is 3.10. The minimum atomic E-state index is -10.6. The van der Waals surface area contributed by atoms with Crippen LogP contribution in [-0.2, 0) is 10.0 Å². The number of aliphatic hydroxyl groups is 1. The van der Waals surface area contributed by atoms with Crippen molar-refractivity contribution in [1.82, 2.24) is 4.31 Å². The Balaban J connectivity index is 4.39. The summed E-state index contributed by atoms with van der Waals surface area (Å²) in [6.45, 7) is -6.18. The van der Waals surface area contributed by atoms with Crippen molar-refractivity contribution in [1.29, 1.82) is 0 Å². The van der Waals surface area contributed by atoms with Gasteiger partial charge < -0.3 is 5.11 Å². The normalized spacial score (nSPS) is 25.3. The summed E-state index contributed by atoms with van der Waals surface area (Å²) in [5.41, 5.74) is -10.2. The lowest BCUT2D eigenvalue weighted by Gasteiger charge is -2.57. The molecule has 1 aliphatic carbocycles. The quantitative estimate of drug-likeness (QED) is 0.157. The standard InChI is InChI=1S/C22H10F35NO3S/c1-2-58(3-4-59)62(60,61)21(54)18(48,49)7(26,27)5(23,8(28,29)19(21,50)51)6(24,25)9(30,31)10(32,33)11(34,35)12(36,37)13(38,39)14(40,41)15(42,43)16(44,45)17(46,47)20(52,53)22(55,56)57/h59H,2-4H2,1H3. The minimum absolute atomic E-state index is 0.0753. The Kier molecular flexibility index (Phi) is 12.9. The summed E-state index contributed by atoms with van der Waals surface area (Å²) in [5.74, 6) is -150. The Morgan fingerprint density at radius 1 is 0.403 bits per heavy atom. The number of hydrogen-bond acceptors (Lipinski definition) is 3. The maximum absolute atomic E-state index is 15.3. The van der Waals surface area contributed by atoms with Gasteiger partial charge in [0.15, 0.2) is 0 Å². The van der Waals surface area contributed by atoms with Crippen LogP contribution in [0, 0.1) is 0 Å². The molecule has 0 radical (unpaired) electrons. The number of aliphatic hydroxyl groups excluding tert-OH is 1. The Hall–Kier alpha value is -2.58. The third-order valence-electron chi connectivity index (χ3n) is 8.59. The summed E-state index contributed by atoms with van der Waals surface area (Å²) < 4.78 is 515. The van der Waals surface area contributed by atoms with Crippen molar-refractivity contribution in [3.05, 3.63) is 0 Å². The van der Waals surface area contributed by atoms with Crippen LogP contribution >= 0.6 is 0 Å². The van der Waals surface area contributed by atoms with Crippen LogP contribution in [0.5, 0.6) is 0 Å². The monoisotopic (exact) mass is 1030 g/mol. The van der Waals surface area contributed by atoms with Gasteiger partial charge in [-0.25, -0.2) is 17.2 Å². The molecule has 4 nitrogen and oxygen atoms in total. The molecule has 1 N–H and O–H groups in total. The molecule has 0 aliphatic heterocycles. The van der Waals surface area contributed by atoms with Gasteiger partial charge in [0, 0.05) is 13.1 Å². The zero-order valence-electron chi connectivity index (χ0n) is 27.5. The molecule has 1 rings (SSSR count). The fourth-order valence-electron chi connectivity index (χ4n) is 4.86. The van der Waals surface area contributed by atoms with Gasteiger partial charge in [0.05, 0.1) is 6.61 Å². The molecule has 0 heterocycles. The van der Waals surface area contributed by atoms with Gasteiger partial charge in [-0.2, -0.15) is 149 Å². The number of nitrogens with zero attached hydrogens (tertiary/aromatic N) is 1. The number of hydrogen-bond donors (Lipinski definition) is 1. The summed E-state index contributed by atoms with van der Waals surface area (Å²) in [5, 5.41) is 0.0578. The van der Waals surface area contributed by atoms with E-state index in [2.05, 4.69) is 0 Å². The first-order valence-electron chi connectivity index (χ1n) is 14.0. The molecule has 0 bridgehead atoms. The molecule has 1 saturated carbocycles. The van der Waals surface area contributed by atoms with Crippen molar-refractivity contribution in [3.8, 4) is 0 Å². The van der Waals surface area contributed by atoms with Crippen LogP contribution in [-0.4, -0.2) is 143 Å². The van der Waals surface area contributed by atoms with Gasteiger partial charge in [0.2, 0.25) is 0 Å². The van der Waals surface area contributed by atoms with E-state index in [1.807, 2.05) is 0 Å². The SMILES string of the molecule is CCN(CCO)S(=O)(=O)C1(F)C(F)(F)C(F)(F)C(F)(C(F)(F)C(F)(F)C(F)(F)C(F)(F)C(F)(F)C(F)(F)C(F)(F)C(F)(F)C(F)(F)C(F)(F)C(F)(F)C(F)(F)F)C(F)(F)C1(F)F. The molecule has 1 aliphatic rings. The van der Waals surface area contributed by atoms with E-state index in [9.17, 15) is 153 Å². The van der Waals surface area contributed by atoms with Crippen molar-refractivity contribution in [2.24, 2.45) is 0 Å². The maximum atomic E-state index is 15.3. The number of halogens is 35. The number of likely N-dealkylation sites (N-methyl/N-ethyl adjacent to an activating group) is 1. The first-order valence-corrected chi connectivity index (χ1v) is 15.4. The molecule has 0 amide bonds. The van der Waals surface area contributed by atoms with E-state index in [0.29, 0.717) is 0 Å². The van der Waals surface area contributed by atoms with Gasteiger partial charge in [0.25, 0.3) is 10.0 Å². The Morgan fingerprint density at radius 2 is 0.629 bits per heavy atom. The molecule has 1 fully saturated rings. The molecule has 372 valence electrons. The first kappa shape index (κ1) is 57.4. The summed E-state index contributed by atoms with van der Waals surface area (Å²) in [6, 6.07) is 0. The fraction of sp³-hybridized carbons (Fsp3) is 1.00. The molecule has 0 aromatic rings. The number of alkyl halides is 35. The van der Waals surface area contributed by atoms with Crippen LogP contribution in [0.15, 0.2) is 0 Å². The van der Waals surface area contributed by atoms with E-state index in [1.165, 1.54) is 0 Å². The topological polar surface area (TPSA) is 57.6 Å². The van der Waals surface area contributed by atoms with E-state index >= 15 is 8.78 Å². The van der Waals surface area contributed by atoms with Gasteiger partial charge >= 0.3 is 106 Å².